The van der Waals surface area contributed by atoms with Gasteiger partial charge in [-0.2, -0.15) is 0 Å². The summed E-state index contributed by atoms with van der Waals surface area (Å²) in [6, 6.07) is 9.16. The molecule has 19 heavy (non-hydrogen) atoms. The maximum Gasteiger partial charge on any atom is 0.0603 e. The van der Waals surface area contributed by atoms with Crippen LogP contribution in [0.3, 0.4) is 0 Å². The second-order valence-electron chi connectivity index (χ2n) is 6.38. The fraction of sp³-hybridized carbons (Fsp3) is 0.647. The highest BCUT2D eigenvalue weighted by Gasteiger charge is 2.51. The molecule has 1 saturated heterocycles. The lowest BCUT2D eigenvalue weighted by Crippen LogP contribution is -2.65. The van der Waals surface area contributed by atoms with E-state index in [4.69, 9.17) is 4.74 Å². The molecule has 1 aromatic rings. The van der Waals surface area contributed by atoms with E-state index in [1.165, 1.54) is 17.5 Å². The van der Waals surface area contributed by atoms with E-state index in [1.807, 2.05) is 7.05 Å². The summed E-state index contributed by atoms with van der Waals surface area (Å²) >= 11 is 0. The Balaban J connectivity index is 2.30. The van der Waals surface area contributed by atoms with Crippen LogP contribution >= 0.6 is 0 Å². The van der Waals surface area contributed by atoms with Crippen molar-refractivity contribution in [2.75, 3.05) is 20.3 Å². The highest BCUT2D eigenvalue weighted by atomic mass is 16.5. The van der Waals surface area contributed by atoms with Crippen LogP contribution in [-0.2, 0) is 10.2 Å². The van der Waals surface area contributed by atoms with Gasteiger partial charge in [-0.25, -0.2) is 0 Å². The molecule has 1 N–H and O–H groups in total. The zero-order valence-electron chi connectivity index (χ0n) is 12.9. The highest BCUT2D eigenvalue weighted by molar-refractivity contribution is 5.36. The minimum absolute atomic E-state index is 0.0448. The molecule has 106 valence electrons. The number of rotatable bonds is 5. The molecule has 1 fully saturated rings. The van der Waals surface area contributed by atoms with Gasteiger partial charge in [0.25, 0.3) is 0 Å². The summed E-state index contributed by atoms with van der Waals surface area (Å²) in [5, 5.41) is 3.45. The number of hydrogen-bond donors (Lipinski definition) is 1. The van der Waals surface area contributed by atoms with E-state index >= 15 is 0 Å². The lowest BCUT2D eigenvalue weighted by atomic mass is 9.65. The summed E-state index contributed by atoms with van der Waals surface area (Å²) in [7, 11) is 2.04. The third kappa shape index (κ3) is 2.32. The molecular weight excluding hydrogens is 234 g/mol. The number of nitrogens with one attached hydrogen (secondary N) is 1. The number of benzene rings is 1. The van der Waals surface area contributed by atoms with Crippen molar-refractivity contribution in [3.05, 3.63) is 35.4 Å². The Kier molecular flexibility index (Phi) is 4.03. The Bertz CT molecular complexity index is 417. The molecule has 0 spiro atoms. The number of ether oxygens (including phenoxy) is 1. The maximum absolute atomic E-state index is 5.54. The van der Waals surface area contributed by atoms with Gasteiger partial charge in [-0.05, 0) is 44.4 Å². The van der Waals surface area contributed by atoms with Gasteiger partial charge in [-0.1, -0.05) is 38.1 Å². The van der Waals surface area contributed by atoms with E-state index in [0.717, 1.165) is 13.2 Å². The Hall–Kier alpha value is -0.860. The highest BCUT2D eigenvalue weighted by Crippen LogP contribution is 2.42. The fourth-order valence-corrected chi connectivity index (χ4v) is 2.80. The SMILES string of the molecule is CCC(C)c1ccc(C2(C(C)(C)NC)COC2)cc1. The molecule has 2 nitrogen and oxygen atoms in total. The molecule has 1 atom stereocenters. The average molecular weight is 261 g/mol. The van der Waals surface area contributed by atoms with Gasteiger partial charge in [-0.15, -0.1) is 0 Å². The molecule has 0 amide bonds. The van der Waals surface area contributed by atoms with Crippen molar-refractivity contribution in [1.29, 1.82) is 0 Å². The van der Waals surface area contributed by atoms with Crippen molar-refractivity contribution in [3.8, 4) is 0 Å². The van der Waals surface area contributed by atoms with E-state index in [2.05, 4.69) is 57.3 Å². The fourth-order valence-electron chi connectivity index (χ4n) is 2.80. The zero-order valence-corrected chi connectivity index (χ0v) is 12.9. The van der Waals surface area contributed by atoms with E-state index in [0.29, 0.717) is 5.92 Å². The summed E-state index contributed by atoms with van der Waals surface area (Å²) in [5.74, 6) is 0.639. The molecule has 0 radical (unpaired) electrons. The first-order chi connectivity index (χ1) is 8.97. The topological polar surface area (TPSA) is 21.3 Å². The molecule has 0 saturated carbocycles. The minimum atomic E-state index is 0.0448. The third-order valence-electron chi connectivity index (χ3n) is 5.16. The lowest BCUT2D eigenvalue weighted by molar-refractivity contribution is -0.0991. The molecule has 2 heteroatoms. The van der Waals surface area contributed by atoms with Gasteiger partial charge in [0.05, 0.1) is 18.6 Å². The van der Waals surface area contributed by atoms with Crippen LogP contribution < -0.4 is 5.32 Å². The van der Waals surface area contributed by atoms with E-state index in [-0.39, 0.29) is 11.0 Å². The van der Waals surface area contributed by atoms with Crippen molar-refractivity contribution < 1.29 is 4.74 Å². The second-order valence-corrected chi connectivity index (χ2v) is 6.38. The van der Waals surface area contributed by atoms with Crippen LogP contribution in [0, 0.1) is 0 Å². The first-order valence-corrected chi connectivity index (χ1v) is 7.34. The summed E-state index contributed by atoms with van der Waals surface area (Å²) < 4.78 is 5.54. The monoisotopic (exact) mass is 261 g/mol. The Morgan fingerprint density at radius 3 is 2.21 bits per heavy atom. The van der Waals surface area contributed by atoms with Crippen LogP contribution in [0.15, 0.2) is 24.3 Å². The van der Waals surface area contributed by atoms with Crippen molar-refractivity contribution in [1.82, 2.24) is 5.32 Å². The van der Waals surface area contributed by atoms with Gasteiger partial charge in [0.1, 0.15) is 0 Å². The van der Waals surface area contributed by atoms with Gasteiger partial charge in [-0.3, -0.25) is 0 Å². The predicted octanol–water partition coefficient (Wildman–Crippen LogP) is 3.47. The molecule has 0 aliphatic carbocycles. The second kappa shape index (κ2) is 5.26. The largest absolute Gasteiger partial charge is 0.379 e. The Morgan fingerprint density at radius 1 is 1.26 bits per heavy atom. The molecule has 1 unspecified atom stereocenters. The average Bonchev–Trinajstić information content (AvgIpc) is 2.37. The Morgan fingerprint density at radius 2 is 1.84 bits per heavy atom. The lowest BCUT2D eigenvalue weighted by Gasteiger charge is -2.52. The van der Waals surface area contributed by atoms with Crippen molar-refractivity contribution in [3.63, 3.8) is 0 Å². The van der Waals surface area contributed by atoms with Crippen LogP contribution in [-0.4, -0.2) is 25.8 Å². The smallest absolute Gasteiger partial charge is 0.0603 e. The van der Waals surface area contributed by atoms with Crippen LogP contribution in [0.25, 0.3) is 0 Å². The van der Waals surface area contributed by atoms with E-state index < -0.39 is 0 Å². The molecule has 1 aromatic carbocycles. The zero-order chi connectivity index (χ0) is 14.1. The van der Waals surface area contributed by atoms with Gasteiger partial charge in [0, 0.05) is 5.54 Å². The molecular formula is C17H27NO. The first kappa shape index (κ1) is 14.5. The molecule has 1 heterocycles. The van der Waals surface area contributed by atoms with Crippen LogP contribution in [0.5, 0.6) is 0 Å². The summed E-state index contributed by atoms with van der Waals surface area (Å²) in [6.45, 7) is 10.7. The van der Waals surface area contributed by atoms with E-state index in [9.17, 15) is 0 Å². The predicted molar refractivity (Wildman–Crippen MR) is 80.8 cm³/mol. The van der Waals surface area contributed by atoms with E-state index in [1.54, 1.807) is 0 Å². The van der Waals surface area contributed by atoms with Gasteiger partial charge in [0.15, 0.2) is 0 Å². The normalized spacial score (nSPS) is 19.8. The van der Waals surface area contributed by atoms with Crippen LogP contribution in [0.2, 0.25) is 0 Å². The molecule has 0 aromatic heterocycles. The van der Waals surface area contributed by atoms with Gasteiger partial charge >= 0.3 is 0 Å². The number of likely N-dealkylation sites (N-methyl/N-ethyl adjacent to an activating group) is 1. The molecule has 2 rings (SSSR count). The quantitative estimate of drug-likeness (QED) is 0.876. The van der Waals surface area contributed by atoms with Crippen molar-refractivity contribution in [2.24, 2.45) is 0 Å². The van der Waals surface area contributed by atoms with Crippen LogP contribution in [0.1, 0.15) is 51.2 Å². The molecule has 1 aliphatic heterocycles. The minimum Gasteiger partial charge on any atom is -0.379 e. The van der Waals surface area contributed by atoms with Gasteiger partial charge < -0.3 is 10.1 Å². The van der Waals surface area contributed by atoms with Crippen molar-refractivity contribution >= 4 is 0 Å². The van der Waals surface area contributed by atoms with Gasteiger partial charge in [0.2, 0.25) is 0 Å². The summed E-state index contributed by atoms with van der Waals surface area (Å²) in [6.07, 6.45) is 1.19. The molecule has 1 aliphatic rings. The first-order valence-electron chi connectivity index (χ1n) is 7.34. The Labute approximate surface area is 117 Å². The van der Waals surface area contributed by atoms with Crippen molar-refractivity contribution in [2.45, 2.75) is 51.0 Å². The number of hydrogen-bond acceptors (Lipinski definition) is 2. The maximum atomic E-state index is 5.54. The standard InChI is InChI=1S/C17H27NO/c1-6-13(2)14-7-9-15(10-8-14)17(11-19-12-17)16(3,4)18-5/h7-10,13,18H,6,11-12H2,1-5H3. The summed E-state index contributed by atoms with van der Waals surface area (Å²) in [4.78, 5) is 0. The molecule has 0 bridgehead atoms. The third-order valence-corrected chi connectivity index (χ3v) is 5.16. The van der Waals surface area contributed by atoms with Crippen LogP contribution in [0.4, 0.5) is 0 Å². The summed E-state index contributed by atoms with van der Waals surface area (Å²) in [5.41, 5.74) is 2.98.